The summed E-state index contributed by atoms with van der Waals surface area (Å²) in [5, 5.41) is 2.82. The predicted octanol–water partition coefficient (Wildman–Crippen LogP) is 4.75. The van der Waals surface area contributed by atoms with Gasteiger partial charge in [0.2, 0.25) is 0 Å². The second kappa shape index (κ2) is 10.0. The van der Waals surface area contributed by atoms with Crippen molar-refractivity contribution in [2.45, 2.75) is 33.4 Å². The number of carbonyl (C=O) groups is 1. The summed E-state index contributed by atoms with van der Waals surface area (Å²) in [7, 11) is 0. The standard InChI is InChI=1S/C24H24F2N2O3/c1-15-9-19(10-16(2)23(15)31-14-18-5-4-8-27-12-18)24(29)28-17(3)13-30-22-7-6-20(25)11-21(22)26/h4-12,17H,13-14H2,1-3H3,(H,28,29). The Morgan fingerprint density at radius 3 is 2.48 bits per heavy atom. The summed E-state index contributed by atoms with van der Waals surface area (Å²) in [6, 6.07) is 9.99. The molecule has 1 unspecified atom stereocenters. The van der Waals surface area contributed by atoms with Crippen LogP contribution in [0.4, 0.5) is 8.78 Å². The summed E-state index contributed by atoms with van der Waals surface area (Å²) in [4.78, 5) is 16.7. The molecule has 5 nitrogen and oxygen atoms in total. The van der Waals surface area contributed by atoms with Crippen LogP contribution in [0.25, 0.3) is 0 Å². The number of amides is 1. The highest BCUT2D eigenvalue weighted by atomic mass is 19.1. The molecule has 1 atom stereocenters. The van der Waals surface area contributed by atoms with E-state index in [1.54, 1.807) is 31.5 Å². The first-order chi connectivity index (χ1) is 14.8. The van der Waals surface area contributed by atoms with E-state index in [1.807, 2.05) is 26.0 Å². The maximum Gasteiger partial charge on any atom is 0.251 e. The fourth-order valence-corrected chi connectivity index (χ4v) is 3.10. The summed E-state index contributed by atoms with van der Waals surface area (Å²) >= 11 is 0. The minimum Gasteiger partial charge on any atom is -0.488 e. The fraction of sp³-hybridized carbons (Fsp3) is 0.250. The minimum atomic E-state index is -0.786. The third-order valence-corrected chi connectivity index (χ3v) is 4.59. The lowest BCUT2D eigenvalue weighted by molar-refractivity contribution is 0.0926. The topological polar surface area (TPSA) is 60.5 Å². The van der Waals surface area contributed by atoms with E-state index in [9.17, 15) is 13.6 Å². The molecule has 3 aromatic rings. The van der Waals surface area contributed by atoms with Crippen LogP contribution in [0.2, 0.25) is 0 Å². The molecule has 1 heterocycles. The zero-order chi connectivity index (χ0) is 22.4. The van der Waals surface area contributed by atoms with Gasteiger partial charge in [0.05, 0.1) is 6.04 Å². The minimum absolute atomic E-state index is 0.0402. The van der Waals surface area contributed by atoms with Gasteiger partial charge in [-0.2, -0.15) is 0 Å². The smallest absolute Gasteiger partial charge is 0.251 e. The van der Waals surface area contributed by atoms with E-state index >= 15 is 0 Å². The first-order valence-electron chi connectivity index (χ1n) is 9.85. The number of hydrogen-bond donors (Lipinski definition) is 1. The fourth-order valence-electron chi connectivity index (χ4n) is 3.10. The van der Waals surface area contributed by atoms with Crippen LogP contribution in [-0.2, 0) is 6.61 Å². The quantitative estimate of drug-likeness (QED) is 0.565. The van der Waals surface area contributed by atoms with E-state index in [0.717, 1.165) is 34.6 Å². The lowest BCUT2D eigenvalue weighted by atomic mass is 10.0. The molecule has 0 radical (unpaired) electrons. The van der Waals surface area contributed by atoms with Gasteiger partial charge < -0.3 is 14.8 Å². The number of carbonyl (C=O) groups excluding carboxylic acids is 1. The van der Waals surface area contributed by atoms with Gasteiger partial charge in [-0.15, -0.1) is 0 Å². The lowest BCUT2D eigenvalue weighted by Crippen LogP contribution is -2.37. The molecule has 1 N–H and O–H groups in total. The van der Waals surface area contributed by atoms with E-state index in [1.165, 1.54) is 6.07 Å². The molecule has 0 aliphatic heterocycles. The van der Waals surface area contributed by atoms with Gasteiger partial charge in [0.25, 0.3) is 5.91 Å². The number of benzene rings is 2. The number of nitrogens with one attached hydrogen (secondary N) is 1. The average molecular weight is 426 g/mol. The van der Waals surface area contributed by atoms with Crippen molar-refractivity contribution in [3.63, 3.8) is 0 Å². The van der Waals surface area contributed by atoms with Gasteiger partial charge in [0.1, 0.15) is 24.8 Å². The molecule has 0 aliphatic rings. The normalized spacial score (nSPS) is 11.6. The van der Waals surface area contributed by atoms with E-state index in [2.05, 4.69) is 10.3 Å². The van der Waals surface area contributed by atoms with Crippen molar-refractivity contribution >= 4 is 5.91 Å². The molecule has 1 aromatic heterocycles. The highest BCUT2D eigenvalue weighted by Gasteiger charge is 2.15. The number of hydrogen-bond acceptors (Lipinski definition) is 4. The Hall–Kier alpha value is -3.48. The number of ether oxygens (including phenoxy) is 2. The molecule has 7 heteroatoms. The van der Waals surface area contributed by atoms with Gasteiger partial charge in [-0.1, -0.05) is 6.07 Å². The van der Waals surface area contributed by atoms with E-state index in [0.29, 0.717) is 12.2 Å². The molecule has 0 bridgehead atoms. The second-order valence-corrected chi connectivity index (χ2v) is 7.35. The van der Waals surface area contributed by atoms with Crippen LogP contribution in [0, 0.1) is 25.5 Å². The van der Waals surface area contributed by atoms with Crippen LogP contribution in [0.5, 0.6) is 11.5 Å². The molecule has 0 aliphatic carbocycles. The van der Waals surface area contributed by atoms with Crippen molar-refractivity contribution < 1.29 is 23.0 Å². The highest BCUT2D eigenvalue weighted by Crippen LogP contribution is 2.26. The summed E-state index contributed by atoms with van der Waals surface area (Å²) in [5.41, 5.74) is 3.12. The predicted molar refractivity (Wildman–Crippen MR) is 113 cm³/mol. The van der Waals surface area contributed by atoms with Gasteiger partial charge in [0, 0.05) is 29.6 Å². The molecule has 0 spiro atoms. The summed E-state index contributed by atoms with van der Waals surface area (Å²) in [6.07, 6.45) is 3.45. The molecule has 162 valence electrons. The third kappa shape index (κ3) is 6.01. The van der Waals surface area contributed by atoms with Crippen molar-refractivity contribution in [1.29, 1.82) is 0 Å². The summed E-state index contributed by atoms with van der Waals surface area (Å²) in [5.74, 6) is -1.08. The Morgan fingerprint density at radius 1 is 1.10 bits per heavy atom. The molecule has 3 rings (SSSR count). The average Bonchev–Trinajstić information content (AvgIpc) is 2.73. The second-order valence-electron chi connectivity index (χ2n) is 7.35. The Labute approximate surface area is 180 Å². The number of aromatic nitrogens is 1. The van der Waals surface area contributed by atoms with Gasteiger partial charge >= 0.3 is 0 Å². The largest absolute Gasteiger partial charge is 0.488 e. The summed E-state index contributed by atoms with van der Waals surface area (Å²) in [6.45, 7) is 5.93. The molecule has 31 heavy (non-hydrogen) atoms. The number of aryl methyl sites for hydroxylation is 2. The van der Waals surface area contributed by atoms with Crippen LogP contribution in [0.3, 0.4) is 0 Å². The lowest BCUT2D eigenvalue weighted by Gasteiger charge is -2.17. The van der Waals surface area contributed by atoms with Gasteiger partial charge in [0.15, 0.2) is 11.6 Å². The Kier molecular flexibility index (Phi) is 7.18. The van der Waals surface area contributed by atoms with Crippen LogP contribution in [0.15, 0.2) is 54.9 Å². The van der Waals surface area contributed by atoms with Gasteiger partial charge in [-0.3, -0.25) is 9.78 Å². The van der Waals surface area contributed by atoms with Crippen LogP contribution in [0.1, 0.15) is 34.0 Å². The van der Waals surface area contributed by atoms with Crippen LogP contribution >= 0.6 is 0 Å². The Morgan fingerprint density at radius 2 is 1.84 bits per heavy atom. The van der Waals surface area contributed by atoms with E-state index in [4.69, 9.17) is 9.47 Å². The van der Waals surface area contributed by atoms with Crippen molar-refractivity contribution in [3.05, 3.63) is 88.7 Å². The first kappa shape index (κ1) is 22.2. The van der Waals surface area contributed by atoms with Gasteiger partial charge in [-0.25, -0.2) is 8.78 Å². The van der Waals surface area contributed by atoms with Gasteiger partial charge in [-0.05, 0) is 62.2 Å². The number of rotatable bonds is 8. The van der Waals surface area contributed by atoms with Crippen LogP contribution < -0.4 is 14.8 Å². The maximum atomic E-state index is 13.7. The monoisotopic (exact) mass is 426 g/mol. The molecule has 0 saturated heterocycles. The van der Waals surface area contributed by atoms with E-state index < -0.39 is 11.6 Å². The maximum absolute atomic E-state index is 13.7. The molecule has 0 fully saturated rings. The van der Waals surface area contributed by atoms with Crippen LogP contribution in [-0.4, -0.2) is 23.5 Å². The number of nitrogens with zero attached hydrogens (tertiary/aromatic N) is 1. The zero-order valence-electron chi connectivity index (χ0n) is 17.6. The first-order valence-corrected chi connectivity index (χ1v) is 9.85. The molecular formula is C24H24F2N2O3. The molecular weight excluding hydrogens is 402 g/mol. The van der Waals surface area contributed by atoms with E-state index in [-0.39, 0.29) is 24.3 Å². The highest BCUT2D eigenvalue weighted by molar-refractivity contribution is 5.95. The molecule has 2 aromatic carbocycles. The van der Waals surface area contributed by atoms with Crippen molar-refractivity contribution in [2.75, 3.05) is 6.61 Å². The third-order valence-electron chi connectivity index (χ3n) is 4.59. The molecule has 1 amide bonds. The number of pyridine rings is 1. The summed E-state index contributed by atoms with van der Waals surface area (Å²) < 4.78 is 37.9. The Bertz CT molecular complexity index is 1030. The van der Waals surface area contributed by atoms with Crippen molar-refractivity contribution in [2.24, 2.45) is 0 Å². The zero-order valence-corrected chi connectivity index (χ0v) is 17.6. The number of halogens is 2. The molecule has 0 saturated carbocycles. The van der Waals surface area contributed by atoms with Crippen molar-refractivity contribution in [3.8, 4) is 11.5 Å². The SMILES string of the molecule is Cc1cc(C(=O)NC(C)COc2ccc(F)cc2F)cc(C)c1OCc1cccnc1. The Balaban J connectivity index is 1.59. The van der Waals surface area contributed by atoms with Crippen molar-refractivity contribution in [1.82, 2.24) is 10.3 Å².